The number of hydrogen-bond acceptors (Lipinski definition) is 2. The molecule has 0 aliphatic rings. The van der Waals surface area contributed by atoms with Crippen LogP contribution in [0.5, 0.6) is 0 Å². The molecule has 0 saturated carbocycles. The van der Waals surface area contributed by atoms with Crippen molar-refractivity contribution in [1.29, 1.82) is 0 Å². The molecule has 0 amide bonds. The molecular formula is C28H17N3. The number of rotatable bonds is 1. The van der Waals surface area contributed by atoms with Gasteiger partial charge in [-0.05, 0) is 52.2 Å². The van der Waals surface area contributed by atoms with Gasteiger partial charge in [-0.25, -0.2) is 4.98 Å². The molecule has 7 aromatic rings. The highest BCUT2D eigenvalue weighted by Crippen LogP contribution is 2.34. The lowest BCUT2D eigenvalue weighted by atomic mass is 9.96. The number of hydrogen-bond donors (Lipinski definition) is 0. The first-order valence-corrected chi connectivity index (χ1v) is 10.4. The van der Waals surface area contributed by atoms with Gasteiger partial charge in [0.2, 0.25) is 0 Å². The first-order valence-electron chi connectivity index (χ1n) is 10.4. The van der Waals surface area contributed by atoms with Crippen molar-refractivity contribution in [3.8, 4) is 11.1 Å². The molecule has 3 heterocycles. The quantitative estimate of drug-likeness (QED) is 0.280. The SMILES string of the molecule is c1cnc2c(c1)ccc1ccc(-c3ccc4c(c3)c3ccccc3n3ccnc43)cc12. The molecule has 3 nitrogen and oxygen atoms in total. The number of para-hydroxylation sites is 1. The number of nitrogens with zero attached hydrogens (tertiary/aromatic N) is 3. The van der Waals surface area contributed by atoms with E-state index in [0.717, 1.165) is 11.2 Å². The lowest BCUT2D eigenvalue weighted by molar-refractivity contribution is 1.27. The number of aromatic nitrogens is 3. The topological polar surface area (TPSA) is 30.2 Å². The Kier molecular flexibility index (Phi) is 3.27. The molecule has 3 aromatic heterocycles. The minimum absolute atomic E-state index is 0.994. The molecule has 144 valence electrons. The van der Waals surface area contributed by atoms with Gasteiger partial charge in [-0.2, -0.15) is 0 Å². The Morgan fingerprint density at radius 2 is 1.35 bits per heavy atom. The molecule has 0 spiro atoms. The Hall–Kier alpha value is -4.24. The van der Waals surface area contributed by atoms with Crippen molar-refractivity contribution in [2.45, 2.75) is 0 Å². The van der Waals surface area contributed by atoms with Gasteiger partial charge in [0.15, 0.2) is 0 Å². The molecule has 0 aliphatic carbocycles. The fourth-order valence-corrected chi connectivity index (χ4v) is 4.79. The zero-order valence-corrected chi connectivity index (χ0v) is 16.7. The summed E-state index contributed by atoms with van der Waals surface area (Å²) in [6, 6.07) is 30.3. The highest BCUT2D eigenvalue weighted by molar-refractivity contribution is 6.13. The fraction of sp³-hybridized carbons (Fsp3) is 0. The summed E-state index contributed by atoms with van der Waals surface area (Å²) in [6.45, 7) is 0. The Morgan fingerprint density at radius 3 is 2.32 bits per heavy atom. The molecule has 0 radical (unpaired) electrons. The molecular weight excluding hydrogens is 378 g/mol. The smallest absolute Gasteiger partial charge is 0.145 e. The lowest BCUT2D eigenvalue weighted by Gasteiger charge is -2.11. The van der Waals surface area contributed by atoms with Crippen LogP contribution in [0.4, 0.5) is 0 Å². The molecule has 3 heteroatoms. The standard InChI is InChI=1S/C28H17N3/c1-2-6-26-22(5-1)25-17-21(11-12-23(25)28-30-14-15-31(26)28)20-10-8-18-7-9-19-4-3-13-29-27(19)24(18)16-20/h1-17H. The molecule has 7 rings (SSSR count). The van der Waals surface area contributed by atoms with Crippen molar-refractivity contribution in [1.82, 2.24) is 14.4 Å². The number of benzene rings is 4. The van der Waals surface area contributed by atoms with Crippen LogP contribution < -0.4 is 0 Å². The van der Waals surface area contributed by atoms with E-state index >= 15 is 0 Å². The highest BCUT2D eigenvalue weighted by atomic mass is 15.0. The molecule has 0 fully saturated rings. The molecule has 0 unspecified atom stereocenters. The van der Waals surface area contributed by atoms with Crippen LogP contribution in [0.25, 0.3) is 60.1 Å². The zero-order valence-electron chi connectivity index (χ0n) is 16.7. The van der Waals surface area contributed by atoms with Crippen LogP contribution in [0.3, 0.4) is 0 Å². The average molecular weight is 395 g/mol. The van der Waals surface area contributed by atoms with Crippen LogP contribution in [-0.4, -0.2) is 14.4 Å². The van der Waals surface area contributed by atoms with E-state index in [-0.39, 0.29) is 0 Å². The van der Waals surface area contributed by atoms with E-state index in [9.17, 15) is 0 Å². The number of fused-ring (bicyclic) bond motifs is 9. The minimum atomic E-state index is 0.994. The summed E-state index contributed by atoms with van der Waals surface area (Å²) in [4.78, 5) is 9.28. The third kappa shape index (κ3) is 2.34. The summed E-state index contributed by atoms with van der Waals surface area (Å²) < 4.78 is 2.17. The maximum absolute atomic E-state index is 4.65. The van der Waals surface area contributed by atoms with E-state index in [1.54, 1.807) is 0 Å². The van der Waals surface area contributed by atoms with Crippen molar-refractivity contribution in [3.63, 3.8) is 0 Å². The first-order chi connectivity index (χ1) is 15.4. The van der Waals surface area contributed by atoms with Gasteiger partial charge >= 0.3 is 0 Å². The van der Waals surface area contributed by atoms with E-state index < -0.39 is 0 Å². The van der Waals surface area contributed by atoms with E-state index in [1.165, 1.54) is 49.0 Å². The van der Waals surface area contributed by atoms with Crippen molar-refractivity contribution in [3.05, 3.63) is 104 Å². The van der Waals surface area contributed by atoms with E-state index in [0.29, 0.717) is 0 Å². The van der Waals surface area contributed by atoms with Gasteiger partial charge in [0.25, 0.3) is 0 Å². The van der Waals surface area contributed by atoms with Crippen molar-refractivity contribution in [2.24, 2.45) is 0 Å². The third-order valence-electron chi connectivity index (χ3n) is 6.28. The predicted molar refractivity (Wildman–Crippen MR) is 128 cm³/mol. The Bertz CT molecular complexity index is 1790. The van der Waals surface area contributed by atoms with Crippen LogP contribution in [-0.2, 0) is 0 Å². The Labute approximate surface area is 178 Å². The van der Waals surface area contributed by atoms with Gasteiger partial charge < -0.3 is 0 Å². The third-order valence-corrected chi connectivity index (χ3v) is 6.28. The summed E-state index contributed by atoms with van der Waals surface area (Å²) in [5, 5.41) is 7.18. The maximum Gasteiger partial charge on any atom is 0.145 e. The highest BCUT2D eigenvalue weighted by Gasteiger charge is 2.11. The van der Waals surface area contributed by atoms with Crippen LogP contribution in [0.15, 0.2) is 104 Å². The number of pyridine rings is 2. The molecule has 0 aliphatic heterocycles. The summed E-state index contributed by atoms with van der Waals surface area (Å²) >= 11 is 0. The van der Waals surface area contributed by atoms with Crippen LogP contribution in [0.1, 0.15) is 0 Å². The molecule has 31 heavy (non-hydrogen) atoms. The Morgan fingerprint density at radius 1 is 0.548 bits per heavy atom. The van der Waals surface area contributed by atoms with Crippen molar-refractivity contribution < 1.29 is 0 Å². The maximum atomic E-state index is 4.65. The normalized spacial score (nSPS) is 11.9. The summed E-state index contributed by atoms with van der Waals surface area (Å²) in [5.41, 5.74) is 5.61. The molecule has 0 N–H and O–H groups in total. The molecule has 0 bridgehead atoms. The molecule has 0 atom stereocenters. The molecule has 4 aromatic carbocycles. The summed E-state index contributed by atoms with van der Waals surface area (Å²) in [6.07, 6.45) is 5.77. The van der Waals surface area contributed by atoms with Crippen LogP contribution in [0.2, 0.25) is 0 Å². The van der Waals surface area contributed by atoms with E-state index in [4.69, 9.17) is 0 Å². The van der Waals surface area contributed by atoms with Gasteiger partial charge in [0.05, 0.1) is 11.0 Å². The lowest BCUT2D eigenvalue weighted by Crippen LogP contribution is -1.91. The van der Waals surface area contributed by atoms with E-state index in [1.807, 2.05) is 24.7 Å². The minimum Gasteiger partial charge on any atom is -0.299 e. The second-order valence-corrected chi connectivity index (χ2v) is 7.97. The van der Waals surface area contributed by atoms with Crippen LogP contribution >= 0.6 is 0 Å². The summed E-state index contributed by atoms with van der Waals surface area (Å²) in [5.74, 6) is 0. The second kappa shape index (κ2) is 6.13. The predicted octanol–water partition coefficient (Wildman–Crippen LogP) is 7.01. The second-order valence-electron chi connectivity index (χ2n) is 7.97. The average Bonchev–Trinajstić information content (AvgIpc) is 3.34. The van der Waals surface area contributed by atoms with Crippen molar-refractivity contribution >= 4 is 49.0 Å². The zero-order chi connectivity index (χ0) is 20.4. The van der Waals surface area contributed by atoms with Crippen molar-refractivity contribution in [2.75, 3.05) is 0 Å². The van der Waals surface area contributed by atoms with Gasteiger partial charge in [-0.1, -0.05) is 54.6 Å². The Balaban J connectivity index is 1.54. The van der Waals surface area contributed by atoms with Gasteiger partial charge in [0.1, 0.15) is 5.65 Å². The fourth-order valence-electron chi connectivity index (χ4n) is 4.79. The first kappa shape index (κ1) is 16.5. The van der Waals surface area contributed by atoms with Crippen LogP contribution in [0, 0.1) is 0 Å². The van der Waals surface area contributed by atoms with E-state index in [2.05, 4.69) is 93.2 Å². The number of imidazole rings is 1. The monoisotopic (exact) mass is 395 g/mol. The summed E-state index contributed by atoms with van der Waals surface area (Å²) in [7, 11) is 0. The largest absolute Gasteiger partial charge is 0.299 e. The van der Waals surface area contributed by atoms with Gasteiger partial charge in [-0.15, -0.1) is 0 Å². The van der Waals surface area contributed by atoms with Gasteiger partial charge in [-0.3, -0.25) is 9.38 Å². The van der Waals surface area contributed by atoms with Gasteiger partial charge in [0, 0.05) is 40.1 Å². The molecule has 0 saturated heterocycles.